The Kier molecular flexibility index (Phi) is 20.0. The summed E-state index contributed by atoms with van der Waals surface area (Å²) in [6.45, 7) is 14.1. The molecular formula is C19H38O. The van der Waals surface area contributed by atoms with E-state index in [1.807, 2.05) is 27.7 Å². The molecule has 0 unspecified atom stereocenters. The van der Waals surface area contributed by atoms with Crippen molar-refractivity contribution < 1.29 is 4.74 Å². The third-order valence-corrected chi connectivity index (χ3v) is 3.04. The Morgan fingerprint density at radius 1 is 0.950 bits per heavy atom. The van der Waals surface area contributed by atoms with Crippen molar-refractivity contribution in [3.8, 4) is 0 Å². The van der Waals surface area contributed by atoms with Gasteiger partial charge >= 0.3 is 0 Å². The quantitative estimate of drug-likeness (QED) is 0.404. The monoisotopic (exact) mass is 282 g/mol. The Balaban J connectivity index is 0. The summed E-state index contributed by atoms with van der Waals surface area (Å²) in [5, 5.41) is 0. The number of hydrogen-bond donors (Lipinski definition) is 0. The fourth-order valence-electron chi connectivity index (χ4n) is 2.08. The first-order valence-corrected chi connectivity index (χ1v) is 8.70. The number of rotatable bonds is 6. The van der Waals surface area contributed by atoms with Crippen LogP contribution >= 0.6 is 0 Å². The number of hydrogen-bond acceptors (Lipinski definition) is 1. The Hall–Kier alpha value is -0.560. The Morgan fingerprint density at radius 3 is 2.10 bits per heavy atom. The van der Waals surface area contributed by atoms with Gasteiger partial charge in [0.2, 0.25) is 0 Å². The lowest BCUT2D eigenvalue weighted by molar-refractivity contribution is 0.106. The second-order valence-electron chi connectivity index (χ2n) is 5.10. The van der Waals surface area contributed by atoms with Crippen molar-refractivity contribution in [3.63, 3.8) is 0 Å². The van der Waals surface area contributed by atoms with E-state index in [1.165, 1.54) is 32.1 Å². The van der Waals surface area contributed by atoms with Gasteiger partial charge < -0.3 is 4.74 Å². The second-order valence-corrected chi connectivity index (χ2v) is 5.10. The highest BCUT2D eigenvalue weighted by molar-refractivity contribution is 5.03. The van der Waals surface area contributed by atoms with Crippen LogP contribution in [-0.4, -0.2) is 13.2 Å². The van der Waals surface area contributed by atoms with Crippen molar-refractivity contribution >= 4 is 0 Å². The molecule has 0 aromatic heterocycles. The van der Waals surface area contributed by atoms with E-state index in [4.69, 9.17) is 4.74 Å². The first-order chi connectivity index (χ1) is 9.79. The minimum Gasteiger partial charge on any atom is -0.377 e. The van der Waals surface area contributed by atoms with E-state index < -0.39 is 0 Å². The van der Waals surface area contributed by atoms with Crippen LogP contribution < -0.4 is 0 Å². The van der Waals surface area contributed by atoms with Crippen LogP contribution in [0.5, 0.6) is 0 Å². The molecule has 0 spiro atoms. The lowest BCUT2D eigenvalue weighted by Gasteiger charge is -2.20. The standard InChI is InChI=1S/C15H26O.2C2H6/c1-14(2)9-5-4-8-12-16-13-15-10-6-3-7-11-15;2*1-2/h4-5,8-9,14-15H,3,6-7,10-13H2,1-2H3;2*1-2H3/b8-4-,9-5-;;. The van der Waals surface area contributed by atoms with E-state index in [0.717, 1.165) is 19.1 Å². The minimum absolute atomic E-state index is 0.632. The van der Waals surface area contributed by atoms with Gasteiger partial charge in [0.1, 0.15) is 0 Å². The Labute approximate surface area is 128 Å². The molecule has 120 valence electrons. The van der Waals surface area contributed by atoms with Crippen molar-refractivity contribution in [1.29, 1.82) is 0 Å². The van der Waals surface area contributed by atoms with Crippen molar-refractivity contribution in [1.82, 2.24) is 0 Å². The smallest absolute Gasteiger partial charge is 0.0650 e. The molecular weight excluding hydrogens is 244 g/mol. The molecule has 1 fully saturated rings. The minimum atomic E-state index is 0.632. The van der Waals surface area contributed by atoms with Gasteiger partial charge in [0.25, 0.3) is 0 Å². The van der Waals surface area contributed by atoms with Gasteiger partial charge in [-0.3, -0.25) is 0 Å². The summed E-state index contributed by atoms with van der Waals surface area (Å²) in [6.07, 6.45) is 15.5. The Morgan fingerprint density at radius 2 is 1.55 bits per heavy atom. The van der Waals surface area contributed by atoms with Gasteiger partial charge in [0.05, 0.1) is 6.61 Å². The van der Waals surface area contributed by atoms with Crippen molar-refractivity contribution in [2.24, 2.45) is 11.8 Å². The molecule has 0 aromatic carbocycles. The van der Waals surface area contributed by atoms with Crippen molar-refractivity contribution in [3.05, 3.63) is 24.3 Å². The predicted molar refractivity (Wildman–Crippen MR) is 93.2 cm³/mol. The summed E-state index contributed by atoms with van der Waals surface area (Å²) in [5.74, 6) is 1.46. The van der Waals surface area contributed by atoms with Gasteiger partial charge in [-0.15, -0.1) is 0 Å². The lowest BCUT2D eigenvalue weighted by Crippen LogP contribution is -2.13. The van der Waals surface area contributed by atoms with Gasteiger partial charge in [0, 0.05) is 6.61 Å². The first kappa shape index (κ1) is 21.7. The van der Waals surface area contributed by atoms with E-state index >= 15 is 0 Å². The largest absolute Gasteiger partial charge is 0.377 e. The molecule has 0 N–H and O–H groups in total. The molecule has 0 atom stereocenters. The molecule has 1 nitrogen and oxygen atoms in total. The summed E-state index contributed by atoms with van der Waals surface area (Å²) >= 11 is 0. The van der Waals surface area contributed by atoms with Gasteiger partial charge in [0.15, 0.2) is 0 Å². The van der Waals surface area contributed by atoms with Crippen molar-refractivity contribution in [2.45, 2.75) is 73.6 Å². The predicted octanol–water partition coefficient (Wildman–Crippen LogP) is 6.40. The molecule has 0 aromatic rings. The van der Waals surface area contributed by atoms with Gasteiger partial charge in [-0.05, 0) is 24.7 Å². The normalized spacial score (nSPS) is 15.9. The van der Waals surface area contributed by atoms with E-state index in [-0.39, 0.29) is 0 Å². The fourth-order valence-corrected chi connectivity index (χ4v) is 2.08. The van der Waals surface area contributed by atoms with Crippen LogP contribution in [0.15, 0.2) is 24.3 Å². The van der Waals surface area contributed by atoms with E-state index in [1.54, 1.807) is 0 Å². The third-order valence-electron chi connectivity index (χ3n) is 3.04. The average molecular weight is 283 g/mol. The molecule has 0 saturated heterocycles. The highest BCUT2D eigenvalue weighted by atomic mass is 16.5. The lowest BCUT2D eigenvalue weighted by atomic mass is 9.90. The second kappa shape index (κ2) is 18.4. The zero-order valence-corrected chi connectivity index (χ0v) is 14.8. The summed E-state index contributed by atoms with van der Waals surface area (Å²) in [5.41, 5.74) is 0. The highest BCUT2D eigenvalue weighted by Crippen LogP contribution is 2.23. The maximum Gasteiger partial charge on any atom is 0.0650 e. The number of allylic oxidation sites excluding steroid dienone is 3. The molecule has 0 aliphatic heterocycles. The van der Waals surface area contributed by atoms with Gasteiger partial charge in [-0.1, -0.05) is 85.1 Å². The zero-order valence-electron chi connectivity index (χ0n) is 14.8. The summed E-state index contributed by atoms with van der Waals surface area (Å²) in [7, 11) is 0. The van der Waals surface area contributed by atoms with Crippen LogP contribution in [0.2, 0.25) is 0 Å². The fraction of sp³-hybridized carbons (Fsp3) is 0.789. The highest BCUT2D eigenvalue weighted by Gasteiger charge is 2.12. The maximum atomic E-state index is 5.66. The molecule has 1 aliphatic carbocycles. The van der Waals surface area contributed by atoms with E-state index in [9.17, 15) is 0 Å². The van der Waals surface area contributed by atoms with E-state index in [0.29, 0.717) is 5.92 Å². The first-order valence-electron chi connectivity index (χ1n) is 8.70. The summed E-state index contributed by atoms with van der Waals surface area (Å²) in [4.78, 5) is 0. The van der Waals surface area contributed by atoms with Gasteiger partial charge in [-0.25, -0.2) is 0 Å². The molecule has 0 bridgehead atoms. The van der Waals surface area contributed by atoms with Crippen LogP contribution in [0, 0.1) is 11.8 Å². The van der Waals surface area contributed by atoms with Crippen LogP contribution in [0.1, 0.15) is 73.6 Å². The molecule has 1 saturated carbocycles. The molecule has 0 amide bonds. The molecule has 0 heterocycles. The van der Waals surface area contributed by atoms with Crippen LogP contribution in [-0.2, 0) is 4.74 Å². The van der Waals surface area contributed by atoms with Crippen LogP contribution in [0.4, 0.5) is 0 Å². The Bertz CT molecular complexity index is 210. The molecule has 1 heteroatoms. The van der Waals surface area contributed by atoms with Crippen molar-refractivity contribution in [2.75, 3.05) is 13.2 Å². The van der Waals surface area contributed by atoms with Crippen LogP contribution in [0.3, 0.4) is 0 Å². The zero-order chi connectivity index (χ0) is 15.6. The third kappa shape index (κ3) is 15.5. The topological polar surface area (TPSA) is 9.23 Å². The van der Waals surface area contributed by atoms with Crippen LogP contribution in [0.25, 0.3) is 0 Å². The SMILES string of the molecule is CC.CC.CC(C)/C=C\C=C/COCC1CCCCC1. The molecule has 1 aliphatic rings. The number of ether oxygens (including phenoxy) is 1. The summed E-state index contributed by atoms with van der Waals surface area (Å²) < 4.78 is 5.66. The maximum absolute atomic E-state index is 5.66. The average Bonchev–Trinajstić information content (AvgIpc) is 2.51. The summed E-state index contributed by atoms with van der Waals surface area (Å²) in [6, 6.07) is 0. The molecule has 1 rings (SSSR count). The molecule has 0 radical (unpaired) electrons. The van der Waals surface area contributed by atoms with E-state index in [2.05, 4.69) is 38.2 Å². The van der Waals surface area contributed by atoms with Gasteiger partial charge in [-0.2, -0.15) is 0 Å². The molecule has 20 heavy (non-hydrogen) atoms.